The van der Waals surface area contributed by atoms with Gasteiger partial charge in [-0.1, -0.05) is 43.5 Å². The Hall–Kier alpha value is -3.27. The van der Waals surface area contributed by atoms with Crippen LogP contribution in [0.2, 0.25) is 0 Å². The summed E-state index contributed by atoms with van der Waals surface area (Å²) in [5.41, 5.74) is 1.06. The summed E-state index contributed by atoms with van der Waals surface area (Å²) in [7, 11) is -2.28. The topological polar surface area (TPSA) is 105 Å². The average Bonchev–Trinajstić information content (AvgIpc) is 2.91. The van der Waals surface area contributed by atoms with Crippen LogP contribution in [-0.4, -0.2) is 63.7 Å². The smallest absolute Gasteiger partial charge is 0.244 e. The molecule has 1 atom stereocenters. The highest BCUT2D eigenvalue weighted by Gasteiger charge is 2.32. The Morgan fingerprint density at radius 2 is 1.71 bits per heavy atom. The van der Waals surface area contributed by atoms with Gasteiger partial charge in [0.1, 0.15) is 24.1 Å². The molecule has 0 aromatic heterocycles. The van der Waals surface area contributed by atoms with E-state index in [0.717, 1.165) is 48.2 Å². The van der Waals surface area contributed by atoms with Crippen LogP contribution in [0.5, 0.6) is 11.5 Å². The number of hydrogen-bond donors (Lipinski definition) is 1. The van der Waals surface area contributed by atoms with Crippen molar-refractivity contribution < 1.29 is 27.5 Å². The molecular formula is C28H39N3O6S. The van der Waals surface area contributed by atoms with Crippen molar-refractivity contribution >= 4 is 27.5 Å². The van der Waals surface area contributed by atoms with Crippen LogP contribution in [-0.2, 0) is 26.2 Å². The second kappa shape index (κ2) is 13.5. The molecule has 2 aromatic rings. The molecule has 3 rings (SSSR count). The summed E-state index contributed by atoms with van der Waals surface area (Å²) in [5, 5.41) is 3.09. The van der Waals surface area contributed by atoms with Crippen LogP contribution in [0.3, 0.4) is 0 Å². The first-order valence-corrected chi connectivity index (χ1v) is 14.9. The molecule has 0 heterocycles. The van der Waals surface area contributed by atoms with Gasteiger partial charge < -0.3 is 19.7 Å². The van der Waals surface area contributed by atoms with E-state index in [4.69, 9.17) is 9.47 Å². The van der Waals surface area contributed by atoms with Crippen molar-refractivity contribution in [2.24, 2.45) is 0 Å². The fourth-order valence-electron chi connectivity index (χ4n) is 4.61. The standard InChI is InChI=1S/C28H39N3O6S/c1-5-37-26-14-10-9-13-25(26)31(38(4,34)35)20-27(32)30(19-22-15-17-24(36-3)18-16-22)21(2)28(33)29-23-11-7-6-8-12-23/h9-10,13-18,21,23H,5-8,11-12,19-20H2,1-4H3,(H,29,33)/t21-/m0/s1. The van der Waals surface area contributed by atoms with Gasteiger partial charge in [-0.3, -0.25) is 13.9 Å². The van der Waals surface area contributed by atoms with Gasteiger partial charge in [-0.05, 0) is 56.5 Å². The molecule has 1 N–H and O–H groups in total. The number of rotatable bonds is 12. The molecule has 2 amide bonds. The van der Waals surface area contributed by atoms with Crippen LogP contribution >= 0.6 is 0 Å². The van der Waals surface area contributed by atoms with Crippen LogP contribution in [0.4, 0.5) is 5.69 Å². The molecule has 1 aliphatic rings. The Morgan fingerprint density at radius 3 is 2.32 bits per heavy atom. The van der Waals surface area contributed by atoms with Gasteiger partial charge in [0.15, 0.2) is 0 Å². The number of anilines is 1. The Kier molecular flexibility index (Phi) is 10.4. The summed E-state index contributed by atoms with van der Waals surface area (Å²) in [5.74, 6) is 0.284. The average molecular weight is 546 g/mol. The van der Waals surface area contributed by atoms with Gasteiger partial charge >= 0.3 is 0 Å². The number of nitrogens with zero attached hydrogens (tertiary/aromatic N) is 2. The van der Waals surface area contributed by atoms with E-state index in [1.54, 1.807) is 57.4 Å². The van der Waals surface area contributed by atoms with Crippen LogP contribution in [0, 0.1) is 0 Å². The number of carbonyl (C=O) groups excluding carboxylic acids is 2. The Labute approximate surface area is 226 Å². The maximum atomic E-state index is 13.8. The van der Waals surface area contributed by atoms with Crippen molar-refractivity contribution in [1.29, 1.82) is 0 Å². The number of hydrogen-bond acceptors (Lipinski definition) is 6. The Bertz CT molecular complexity index is 1180. The molecule has 1 saturated carbocycles. The number of ether oxygens (including phenoxy) is 2. The highest BCUT2D eigenvalue weighted by molar-refractivity contribution is 7.92. The zero-order valence-corrected chi connectivity index (χ0v) is 23.5. The number of methoxy groups -OCH3 is 1. The minimum Gasteiger partial charge on any atom is -0.497 e. The fraction of sp³-hybridized carbons (Fsp3) is 0.500. The second-order valence-electron chi connectivity index (χ2n) is 9.56. The molecule has 9 nitrogen and oxygen atoms in total. The van der Waals surface area contributed by atoms with Gasteiger partial charge in [0.05, 0.1) is 25.7 Å². The molecule has 0 radical (unpaired) electrons. The SMILES string of the molecule is CCOc1ccccc1N(CC(=O)N(Cc1ccc(OC)cc1)[C@@H](C)C(=O)NC1CCCCC1)S(C)(=O)=O. The largest absolute Gasteiger partial charge is 0.497 e. The van der Waals surface area contributed by atoms with Crippen LogP contribution in [0.15, 0.2) is 48.5 Å². The lowest BCUT2D eigenvalue weighted by Gasteiger charge is -2.33. The van der Waals surface area contributed by atoms with Gasteiger partial charge in [0.25, 0.3) is 0 Å². The van der Waals surface area contributed by atoms with E-state index in [1.807, 2.05) is 12.1 Å². The molecule has 10 heteroatoms. The zero-order valence-electron chi connectivity index (χ0n) is 22.7. The maximum absolute atomic E-state index is 13.8. The van der Waals surface area contributed by atoms with E-state index >= 15 is 0 Å². The Balaban J connectivity index is 1.90. The normalized spacial score (nSPS) is 14.8. The van der Waals surface area contributed by atoms with Crippen molar-refractivity contribution in [1.82, 2.24) is 10.2 Å². The number of amides is 2. The van der Waals surface area contributed by atoms with Crippen LogP contribution in [0.1, 0.15) is 51.5 Å². The zero-order chi connectivity index (χ0) is 27.7. The lowest BCUT2D eigenvalue weighted by molar-refractivity contribution is -0.139. The van der Waals surface area contributed by atoms with Crippen molar-refractivity contribution in [3.63, 3.8) is 0 Å². The van der Waals surface area contributed by atoms with Crippen molar-refractivity contribution in [2.75, 3.05) is 30.8 Å². The monoisotopic (exact) mass is 545 g/mol. The predicted octanol–water partition coefficient (Wildman–Crippen LogP) is 3.73. The van der Waals surface area contributed by atoms with Gasteiger partial charge in [-0.2, -0.15) is 0 Å². The van der Waals surface area contributed by atoms with Crippen molar-refractivity contribution in [3.05, 3.63) is 54.1 Å². The van der Waals surface area contributed by atoms with Gasteiger partial charge in [-0.15, -0.1) is 0 Å². The first-order chi connectivity index (χ1) is 18.1. The lowest BCUT2D eigenvalue weighted by Crippen LogP contribution is -2.53. The first-order valence-electron chi connectivity index (χ1n) is 13.1. The fourth-order valence-corrected chi connectivity index (χ4v) is 5.47. The van der Waals surface area contributed by atoms with Gasteiger partial charge in [-0.25, -0.2) is 8.42 Å². The molecule has 0 aliphatic heterocycles. The van der Waals surface area contributed by atoms with Crippen molar-refractivity contribution in [3.8, 4) is 11.5 Å². The van der Waals surface area contributed by atoms with E-state index in [9.17, 15) is 18.0 Å². The maximum Gasteiger partial charge on any atom is 0.244 e. The quantitative estimate of drug-likeness (QED) is 0.436. The summed E-state index contributed by atoms with van der Waals surface area (Å²) in [4.78, 5) is 28.5. The van der Waals surface area contributed by atoms with Gasteiger partial charge in [0.2, 0.25) is 21.8 Å². The van der Waals surface area contributed by atoms with E-state index in [0.29, 0.717) is 18.1 Å². The number of sulfonamides is 1. The predicted molar refractivity (Wildman–Crippen MR) is 148 cm³/mol. The summed E-state index contributed by atoms with van der Waals surface area (Å²) in [6.45, 7) is 3.48. The molecule has 0 saturated heterocycles. The molecule has 0 unspecified atom stereocenters. The number of nitrogens with one attached hydrogen (secondary N) is 1. The third kappa shape index (κ3) is 7.86. The summed E-state index contributed by atoms with van der Waals surface area (Å²) in [6.07, 6.45) is 6.18. The molecule has 208 valence electrons. The Morgan fingerprint density at radius 1 is 1.05 bits per heavy atom. The van der Waals surface area contributed by atoms with Crippen LogP contribution in [0.25, 0.3) is 0 Å². The highest BCUT2D eigenvalue weighted by atomic mass is 32.2. The summed E-state index contributed by atoms with van der Waals surface area (Å²) in [6, 6.07) is 13.2. The van der Waals surface area contributed by atoms with Crippen LogP contribution < -0.4 is 19.1 Å². The first kappa shape index (κ1) is 29.3. The summed E-state index contributed by atoms with van der Waals surface area (Å²) < 4.78 is 37.6. The number of para-hydroxylation sites is 2. The minimum atomic E-state index is -3.85. The van der Waals surface area contributed by atoms with Crippen molar-refractivity contribution in [2.45, 2.75) is 64.6 Å². The molecular weight excluding hydrogens is 506 g/mol. The summed E-state index contributed by atoms with van der Waals surface area (Å²) >= 11 is 0. The number of benzene rings is 2. The van der Waals surface area contributed by atoms with Gasteiger partial charge in [0, 0.05) is 12.6 Å². The molecule has 1 fully saturated rings. The van der Waals surface area contributed by atoms with E-state index in [1.165, 1.54) is 4.90 Å². The third-order valence-electron chi connectivity index (χ3n) is 6.74. The molecule has 0 bridgehead atoms. The molecule has 2 aromatic carbocycles. The second-order valence-corrected chi connectivity index (χ2v) is 11.5. The highest BCUT2D eigenvalue weighted by Crippen LogP contribution is 2.30. The molecule has 1 aliphatic carbocycles. The number of carbonyl (C=O) groups is 2. The minimum absolute atomic E-state index is 0.0854. The van der Waals surface area contributed by atoms with E-state index < -0.39 is 28.5 Å². The molecule has 38 heavy (non-hydrogen) atoms. The lowest BCUT2D eigenvalue weighted by atomic mass is 9.95. The van der Waals surface area contributed by atoms with E-state index in [2.05, 4.69) is 5.32 Å². The van der Waals surface area contributed by atoms with E-state index in [-0.39, 0.29) is 24.2 Å². The molecule has 0 spiro atoms. The third-order valence-corrected chi connectivity index (χ3v) is 7.87.